The van der Waals surface area contributed by atoms with E-state index >= 15 is 0 Å². The second kappa shape index (κ2) is 6.80. The van der Waals surface area contributed by atoms with Gasteiger partial charge >= 0.3 is 5.97 Å². The topological polar surface area (TPSA) is 74.2 Å². The fraction of sp³-hybridized carbons (Fsp3) is 0.160. The van der Waals surface area contributed by atoms with Crippen LogP contribution in [0.5, 0.6) is 23.0 Å². The molecule has 31 heavy (non-hydrogen) atoms. The van der Waals surface area contributed by atoms with Crippen molar-refractivity contribution in [2.75, 3.05) is 13.6 Å². The molecule has 2 heterocycles. The third-order valence-corrected chi connectivity index (χ3v) is 6.02. The molecule has 0 fully saturated rings. The van der Waals surface area contributed by atoms with Gasteiger partial charge in [0.25, 0.3) is 0 Å². The number of aliphatic carboxylic acids is 1. The molecule has 0 amide bonds. The van der Waals surface area contributed by atoms with E-state index in [2.05, 4.69) is 6.07 Å². The van der Waals surface area contributed by atoms with E-state index in [0.29, 0.717) is 40.6 Å². The lowest BCUT2D eigenvalue weighted by atomic mass is 9.73. The zero-order valence-corrected chi connectivity index (χ0v) is 16.5. The van der Waals surface area contributed by atoms with Crippen LogP contribution < -0.4 is 18.9 Å². The molecule has 6 rings (SSSR count). The Morgan fingerprint density at radius 3 is 2.26 bits per heavy atom. The standard InChI is InChI=1S/C25H18O6/c26-25(27)24-18(15-5-7-19-21(10-15)30-12-28-19)9-14-3-1-2-4-17(14)23(24)16-6-8-20-22(11-16)31-13-29-20/h1-8,10-11,18H,9,12-13H2,(H,26,27). The highest BCUT2D eigenvalue weighted by Crippen LogP contribution is 2.46. The van der Waals surface area contributed by atoms with E-state index in [-0.39, 0.29) is 19.5 Å². The average molecular weight is 414 g/mol. The predicted octanol–water partition coefficient (Wildman–Crippen LogP) is 4.37. The number of hydrogen-bond donors (Lipinski definition) is 1. The van der Waals surface area contributed by atoms with Gasteiger partial charge in [0.2, 0.25) is 13.6 Å². The van der Waals surface area contributed by atoms with Crippen molar-refractivity contribution in [3.63, 3.8) is 0 Å². The molecule has 1 aliphatic carbocycles. The number of carbonyl (C=O) groups is 1. The second-order valence-electron chi connectivity index (χ2n) is 7.69. The molecule has 3 aliphatic rings. The first kappa shape index (κ1) is 17.9. The maximum absolute atomic E-state index is 12.6. The average Bonchev–Trinajstić information content (AvgIpc) is 3.45. The van der Waals surface area contributed by atoms with Crippen molar-refractivity contribution in [3.05, 3.63) is 88.5 Å². The highest BCUT2D eigenvalue weighted by Gasteiger charge is 2.34. The lowest BCUT2D eigenvalue weighted by Crippen LogP contribution is -2.21. The van der Waals surface area contributed by atoms with E-state index in [9.17, 15) is 9.90 Å². The number of rotatable bonds is 3. The van der Waals surface area contributed by atoms with Crippen LogP contribution in [0.1, 0.15) is 28.2 Å². The van der Waals surface area contributed by atoms with Crippen molar-refractivity contribution < 1.29 is 28.8 Å². The number of fused-ring (bicyclic) bond motifs is 3. The molecular weight excluding hydrogens is 396 g/mol. The van der Waals surface area contributed by atoms with Gasteiger partial charge in [0, 0.05) is 11.5 Å². The Kier molecular flexibility index (Phi) is 3.93. The Hall–Kier alpha value is -3.93. The third-order valence-electron chi connectivity index (χ3n) is 6.02. The molecule has 0 radical (unpaired) electrons. The summed E-state index contributed by atoms with van der Waals surface area (Å²) in [6.07, 6.45) is 0.589. The van der Waals surface area contributed by atoms with Crippen LogP contribution >= 0.6 is 0 Å². The Labute approximate surface area is 178 Å². The van der Waals surface area contributed by atoms with Crippen LogP contribution in [0.2, 0.25) is 0 Å². The Bertz CT molecular complexity index is 1260. The van der Waals surface area contributed by atoms with Crippen molar-refractivity contribution in [3.8, 4) is 23.0 Å². The summed E-state index contributed by atoms with van der Waals surface area (Å²) in [4.78, 5) is 12.6. The molecule has 3 aromatic rings. The van der Waals surface area contributed by atoms with E-state index in [1.54, 1.807) is 0 Å². The van der Waals surface area contributed by atoms with Crippen LogP contribution in [0.25, 0.3) is 5.57 Å². The summed E-state index contributed by atoms with van der Waals surface area (Å²) in [7, 11) is 0. The fourth-order valence-electron chi connectivity index (χ4n) is 4.62. The summed E-state index contributed by atoms with van der Waals surface area (Å²) in [5, 5.41) is 10.3. The molecule has 6 nitrogen and oxygen atoms in total. The van der Waals surface area contributed by atoms with Crippen LogP contribution in [-0.2, 0) is 11.2 Å². The Morgan fingerprint density at radius 2 is 1.48 bits per heavy atom. The minimum Gasteiger partial charge on any atom is -0.478 e. The van der Waals surface area contributed by atoms with Gasteiger partial charge in [-0.15, -0.1) is 0 Å². The monoisotopic (exact) mass is 414 g/mol. The van der Waals surface area contributed by atoms with Crippen molar-refractivity contribution in [1.29, 1.82) is 0 Å². The summed E-state index contributed by atoms with van der Waals surface area (Å²) in [6, 6.07) is 19.2. The smallest absolute Gasteiger partial charge is 0.332 e. The molecule has 0 saturated heterocycles. The van der Waals surface area contributed by atoms with Gasteiger partial charge in [0.15, 0.2) is 23.0 Å². The molecule has 0 spiro atoms. The van der Waals surface area contributed by atoms with Crippen LogP contribution in [0, 0.1) is 0 Å². The Morgan fingerprint density at radius 1 is 0.806 bits per heavy atom. The summed E-state index contributed by atoms with van der Waals surface area (Å²) in [5.41, 5.74) is 4.76. The van der Waals surface area contributed by atoms with Crippen LogP contribution in [0.4, 0.5) is 0 Å². The Balaban J connectivity index is 1.58. The highest BCUT2D eigenvalue weighted by molar-refractivity contribution is 6.04. The predicted molar refractivity (Wildman–Crippen MR) is 112 cm³/mol. The molecule has 1 N–H and O–H groups in total. The van der Waals surface area contributed by atoms with Gasteiger partial charge in [-0.1, -0.05) is 36.4 Å². The fourth-order valence-corrected chi connectivity index (χ4v) is 4.62. The lowest BCUT2D eigenvalue weighted by molar-refractivity contribution is -0.132. The number of benzene rings is 3. The van der Waals surface area contributed by atoms with E-state index in [1.165, 1.54) is 0 Å². The third kappa shape index (κ3) is 2.83. The van der Waals surface area contributed by atoms with Crippen LogP contribution in [0.15, 0.2) is 66.2 Å². The van der Waals surface area contributed by atoms with E-state index < -0.39 is 5.97 Å². The summed E-state index contributed by atoms with van der Waals surface area (Å²) in [6.45, 7) is 0.344. The van der Waals surface area contributed by atoms with Gasteiger partial charge in [0.1, 0.15) is 0 Å². The van der Waals surface area contributed by atoms with Crippen molar-refractivity contribution in [2.45, 2.75) is 12.3 Å². The molecule has 154 valence electrons. The van der Waals surface area contributed by atoms with Crippen LogP contribution in [-0.4, -0.2) is 24.7 Å². The van der Waals surface area contributed by atoms with E-state index in [0.717, 1.165) is 22.3 Å². The van der Waals surface area contributed by atoms with Gasteiger partial charge in [-0.25, -0.2) is 4.79 Å². The number of hydrogen-bond acceptors (Lipinski definition) is 5. The molecule has 1 atom stereocenters. The van der Waals surface area contributed by atoms with Gasteiger partial charge in [-0.05, 0) is 52.9 Å². The minimum atomic E-state index is -0.940. The first-order chi connectivity index (χ1) is 15.2. The molecule has 3 aromatic carbocycles. The second-order valence-corrected chi connectivity index (χ2v) is 7.69. The molecule has 0 bridgehead atoms. The van der Waals surface area contributed by atoms with E-state index in [4.69, 9.17) is 18.9 Å². The zero-order valence-electron chi connectivity index (χ0n) is 16.5. The van der Waals surface area contributed by atoms with Gasteiger partial charge in [-0.2, -0.15) is 0 Å². The maximum Gasteiger partial charge on any atom is 0.332 e. The van der Waals surface area contributed by atoms with Crippen molar-refractivity contribution in [2.24, 2.45) is 0 Å². The van der Waals surface area contributed by atoms with E-state index in [1.807, 2.05) is 54.6 Å². The maximum atomic E-state index is 12.6. The SMILES string of the molecule is O=C(O)C1=C(c2ccc3c(c2)OCO3)c2ccccc2CC1c1ccc2c(c1)OCO2. The number of ether oxygens (including phenoxy) is 4. The highest BCUT2D eigenvalue weighted by atomic mass is 16.7. The molecule has 2 aliphatic heterocycles. The summed E-state index contributed by atoms with van der Waals surface area (Å²) < 4.78 is 22.0. The molecule has 6 heteroatoms. The first-order valence-corrected chi connectivity index (χ1v) is 10.0. The normalized spacial score (nSPS) is 18.1. The quantitative estimate of drug-likeness (QED) is 0.686. The molecular formula is C25H18O6. The summed E-state index contributed by atoms with van der Waals surface area (Å²) >= 11 is 0. The molecule has 1 unspecified atom stereocenters. The van der Waals surface area contributed by atoms with Crippen molar-refractivity contribution in [1.82, 2.24) is 0 Å². The number of carboxylic acid groups (broad SMARTS) is 1. The molecule has 0 saturated carbocycles. The van der Waals surface area contributed by atoms with Crippen LogP contribution in [0.3, 0.4) is 0 Å². The van der Waals surface area contributed by atoms with Gasteiger partial charge < -0.3 is 24.1 Å². The minimum absolute atomic E-state index is 0.167. The first-order valence-electron chi connectivity index (χ1n) is 10.0. The van der Waals surface area contributed by atoms with Gasteiger partial charge in [-0.3, -0.25) is 0 Å². The van der Waals surface area contributed by atoms with Gasteiger partial charge in [0.05, 0.1) is 5.57 Å². The summed E-state index contributed by atoms with van der Waals surface area (Å²) in [5.74, 6) is 1.34. The molecule has 0 aromatic heterocycles. The zero-order chi connectivity index (χ0) is 20.9. The largest absolute Gasteiger partial charge is 0.478 e. The van der Waals surface area contributed by atoms with Crippen molar-refractivity contribution >= 4 is 11.5 Å². The lowest BCUT2D eigenvalue weighted by Gasteiger charge is -2.29. The number of carboxylic acids is 1.